The molecule has 0 unspecified atom stereocenters. The molecule has 0 bridgehead atoms. The lowest BCUT2D eigenvalue weighted by atomic mass is 10.2. The van der Waals surface area contributed by atoms with Crippen LogP contribution in [0.4, 0.5) is 10.1 Å². The molecular weight excluding hydrogens is 475 g/mol. The standard InChI is InChI=1S/C25H18ClFN4O2S/c1-15-2-9-21-23(12-15)34-25(29-21)16-3-5-17(6-4-16)28-24(32)22-10-11-31(30-22)14-33-18-7-8-20(27)19(26)13-18/h2-13H,14H2,1H3,(H,28,32). The first kappa shape index (κ1) is 22.1. The first-order chi connectivity index (χ1) is 16.4. The van der Waals surface area contributed by atoms with E-state index in [-0.39, 0.29) is 23.4 Å². The van der Waals surface area contributed by atoms with Crippen LogP contribution in [0.1, 0.15) is 16.1 Å². The molecule has 2 heterocycles. The lowest BCUT2D eigenvalue weighted by molar-refractivity contribution is 0.102. The van der Waals surface area contributed by atoms with E-state index in [1.54, 1.807) is 23.6 Å². The summed E-state index contributed by atoms with van der Waals surface area (Å²) >= 11 is 7.39. The molecule has 0 aliphatic rings. The van der Waals surface area contributed by atoms with Gasteiger partial charge in [-0.3, -0.25) is 4.79 Å². The first-order valence-electron chi connectivity index (χ1n) is 10.3. The van der Waals surface area contributed by atoms with E-state index in [4.69, 9.17) is 21.3 Å². The SMILES string of the molecule is Cc1ccc2nc(-c3ccc(NC(=O)c4ccn(COc5ccc(F)c(Cl)c5)n4)cc3)sc2c1. The van der Waals surface area contributed by atoms with Crippen molar-refractivity contribution in [2.75, 3.05) is 5.32 Å². The third kappa shape index (κ3) is 4.78. The number of nitrogens with one attached hydrogen (secondary N) is 1. The maximum atomic E-state index is 13.2. The van der Waals surface area contributed by atoms with Crippen LogP contribution in [0.5, 0.6) is 5.75 Å². The number of carbonyl (C=O) groups excluding carboxylic acids is 1. The Hall–Kier alpha value is -3.75. The summed E-state index contributed by atoms with van der Waals surface area (Å²) in [7, 11) is 0. The zero-order chi connectivity index (χ0) is 23.7. The lowest BCUT2D eigenvalue weighted by Gasteiger charge is -2.07. The summed E-state index contributed by atoms with van der Waals surface area (Å²) in [5, 5.41) is 7.97. The van der Waals surface area contributed by atoms with Crippen molar-refractivity contribution < 1.29 is 13.9 Å². The Kier molecular flexibility index (Phi) is 6.00. The lowest BCUT2D eigenvalue weighted by Crippen LogP contribution is -2.14. The van der Waals surface area contributed by atoms with Crippen LogP contribution in [0.15, 0.2) is 72.9 Å². The highest BCUT2D eigenvalue weighted by atomic mass is 35.5. The van der Waals surface area contributed by atoms with Gasteiger partial charge < -0.3 is 10.1 Å². The Morgan fingerprint density at radius 3 is 2.74 bits per heavy atom. The van der Waals surface area contributed by atoms with E-state index in [9.17, 15) is 9.18 Å². The molecule has 5 aromatic rings. The van der Waals surface area contributed by atoms with Gasteiger partial charge in [-0.25, -0.2) is 14.1 Å². The van der Waals surface area contributed by atoms with E-state index in [2.05, 4.69) is 29.5 Å². The zero-order valence-electron chi connectivity index (χ0n) is 18.0. The fourth-order valence-electron chi connectivity index (χ4n) is 3.31. The summed E-state index contributed by atoms with van der Waals surface area (Å²) in [6, 6.07) is 19.4. The van der Waals surface area contributed by atoms with Crippen molar-refractivity contribution in [2.45, 2.75) is 13.7 Å². The number of fused-ring (bicyclic) bond motifs is 1. The molecule has 5 rings (SSSR count). The van der Waals surface area contributed by atoms with Crippen molar-refractivity contribution in [3.63, 3.8) is 0 Å². The van der Waals surface area contributed by atoms with Crippen molar-refractivity contribution in [3.05, 3.63) is 95.0 Å². The smallest absolute Gasteiger partial charge is 0.276 e. The van der Waals surface area contributed by atoms with E-state index >= 15 is 0 Å². The summed E-state index contributed by atoms with van der Waals surface area (Å²) in [6.45, 7) is 2.11. The Bertz CT molecular complexity index is 1500. The van der Waals surface area contributed by atoms with Crippen LogP contribution in [-0.4, -0.2) is 20.7 Å². The van der Waals surface area contributed by atoms with E-state index in [1.807, 2.05) is 30.3 Å². The minimum atomic E-state index is -0.518. The second-order valence-electron chi connectivity index (χ2n) is 7.61. The Balaban J connectivity index is 1.22. The molecule has 0 saturated carbocycles. The molecule has 1 amide bonds. The number of hydrogen-bond donors (Lipinski definition) is 1. The molecule has 0 atom stereocenters. The zero-order valence-corrected chi connectivity index (χ0v) is 19.5. The van der Waals surface area contributed by atoms with E-state index in [1.165, 1.54) is 28.4 Å². The predicted molar refractivity (Wildman–Crippen MR) is 132 cm³/mol. The van der Waals surface area contributed by atoms with Gasteiger partial charge in [0.15, 0.2) is 12.4 Å². The molecule has 0 radical (unpaired) electrons. The molecule has 1 N–H and O–H groups in total. The number of carbonyl (C=O) groups is 1. The highest BCUT2D eigenvalue weighted by molar-refractivity contribution is 7.21. The topological polar surface area (TPSA) is 69.0 Å². The van der Waals surface area contributed by atoms with Crippen molar-refractivity contribution in [2.24, 2.45) is 0 Å². The molecular formula is C25H18ClFN4O2S. The van der Waals surface area contributed by atoms with E-state index in [0.717, 1.165) is 20.8 Å². The third-order valence-electron chi connectivity index (χ3n) is 5.06. The first-order valence-corrected chi connectivity index (χ1v) is 11.5. The van der Waals surface area contributed by atoms with E-state index in [0.29, 0.717) is 11.4 Å². The summed E-state index contributed by atoms with van der Waals surface area (Å²) in [5.41, 5.74) is 4.06. The number of aromatic nitrogens is 3. The largest absolute Gasteiger partial charge is 0.471 e. The molecule has 0 saturated heterocycles. The van der Waals surface area contributed by atoms with Crippen molar-refractivity contribution in [1.82, 2.24) is 14.8 Å². The van der Waals surface area contributed by atoms with Gasteiger partial charge in [0.1, 0.15) is 16.6 Å². The molecule has 0 aliphatic carbocycles. The Labute approximate surface area is 203 Å². The minimum absolute atomic E-state index is 0.0257. The van der Waals surface area contributed by atoms with Gasteiger partial charge in [-0.2, -0.15) is 5.10 Å². The predicted octanol–water partition coefficient (Wildman–Crippen LogP) is 6.55. The molecule has 2 aromatic heterocycles. The van der Waals surface area contributed by atoms with Gasteiger partial charge in [-0.1, -0.05) is 17.7 Å². The number of amides is 1. The van der Waals surface area contributed by atoms with Gasteiger partial charge in [-0.15, -0.1) is 11.3 Å². The van der Waals surface area contributed by atoms with E-state index < -0.39 is 5.82 Å². The maximum absolute atomic E-state index is 13.2. The van der Waals surface area contributed by atoms with Gasteiger partial charge >= 0.3 is 0 Å². The van der Waals surface area contributed by atoms with Crippen LogP contribution in [0, 0.1) is 12.7 Å². The highest BCUT2D eigenvalue weighted by Crippen LogP contribution is 2.31. The number of hydrogen-bond acceptors (Lipinski definition) is 5. The van der Waals surface area contributed by atoms with Gasteiger partial charge in [0.2, 0.25) is 0 Å². The number of aryl methyl sites for hydroxylation is 1. The molecule has 6 nitrogen and oxygen atoms in total. The molecule has 34 heavy (non-hydrogen) atoms. The van der Waals surface area contributed by atoms with Gasteiger partial charge in [0.25, 0.3) is 5.91 Å². The van der Waals surface area contributed by atoms with Crippen molar-refractivity contribution in [3.8, 4) is 16.3 Å². The van der Waals surface area contributed by atoms with Gasteiger partial charge in [0.05, 0.1) is 15.2 Å². The molecule has 0 aliphatic heterocycles. The number of thiazole rings is 1. The minimum Gasteiger partial charge on any atom is -0.471 e. The summed E-state index contributed by atoms with van der Waals surface area (Å²) in [6.07, 6.45) is 1.62. The summed E-state index contributed by atoms with van der Waals surface area (Å²) in [5.74, 6) is -0.460. The molecule has 9 heteroatoms. The van der Waals surface area contributed by atoms with Gasteiger partial charge in [0, 0.05) is 23.5 Å². The monoisotopic (exact) mass is 492 g/mol. The van der Waals surface area contributed by atoms with Gasteiger partial charge in [-0.05, 0) is 67.1 Å². The number of halogens is 2. The Morgan fingerprint density at radius 2 is 1.94 bits per heavy atom. The molecule has 170 valence electrons. The fourth-order valence-corrected chi connectivity index (χ4v) is 4.55. The average Bonchev–Trinajstić information content (AvgIpc) is 3.47. The number of benzene rings is 3. The Morgan fingerprint density at radius 1 is 1.12 bits per heavy atom. The number of anilines is 1. The summed E-state index contributed by atoms with van der Waals surface area (Å²) in [4.78, 5) is 17.3. The number of rotatable bonds is 6. The number of nitrogens with zero attached hydrogens (tertiary/aromatic N) is 3. The summed E-state index contributed by atoms with van der Waals surface area (Å²) < 4.78 is 21.4. The molecule has 3 aromatic carbocycles. The fraction of sp³-hybridized carbons (Fsp3) is 0.0800. The quantitative estimate of drug-likeness (QED) is 0.292. The van der Waals surface area contributed by atoms with Crippen molar-refractivity contribution in [1.29, 1.82) is 0 Å². The normalized spacial score (nSPS) is 11.0. The van der Waals surface area contributed by atoms with Crippen LogP contribution >= 0.6 is 22.9 Å². The van der Waals surface area contributed by atoms with Crippen LogP contribution in [-0.2, 0) is 6.73 Å². The number of ether oxygens (including phenoxy) is 1. The van der Waals surface area contributed by atoms with Crippen molar-refractivity contribution >= 4 is 44.7 Å². The third-order valence-corrected chi connectivity index (χ3v) is 6.42. The highest BCUT2D eigenvalue weighted by Gasteiger charge is 2.12. The second-order valence-corrected chi connectivity index (χ2v) is 9.05. The van der Waals surface area contributed by atoms with Crippen LogP contribution in [0.3, 0.4) is 0 Å². The van der Waals surface area contributed by atoms with Crippen LogP contribution in [0.25, 0.3) is 20.8 Å². The van der Waals surface area contributed by atoms with Crippen LogP contribution in [0.2, 0.25) is 5.02 Å². The second kappa shape index (κ2) is 9.24. The average molecular weight is 493 g/mol. The maximum Gasteiger partial charge on any atom is 0.276 e. The molecule has 0 spiro atoms. The van der Waals surface area contributed by atoms with Crippen LogP contribution < -0.4 is 10.1 Å². The molecule has 0 fully saturated rings.